The maximum Gasteiger partial charge on any atom is 0.186 e. The van der Waals surface area contributed by atoms with Crippen molar-refractivity contribution in [3.63, 3.8) is 0 Å². The summed E-state index contributed by atoms with van der Waals surface area (Å²) in [6, 6.07) is 24.3. The number of benzene rings is 3. The molecule has 0 amide bonds. The van der Waals surface area contributed by atoms with Crippen molar-refractivity contribution >= 4 is 22.5 Å². The molecule has 176 valence electrons. The molecule has 0 saturated heterocycles. The van der Waals surface area contributed by atoms with Gasteiger partial charge in [0.25, 0.3) is 0 Å². The summed E-state index contributed by atoms with van der Waals surface area (Å²) in [7, 11) is 0. The van der Waals surface area contributed by atoms with Gasteiger partial charge < -0.3 is 10.3 Å². The van der Waals surface area contributed by atoms with Gasteiger partial charge in [-0.2, -0.15) is 5.26 Å². The number of fused-ring (bicyclic) bond motifs is 1. The number of aromatic amines is 1. The minimum atomic E-state index is -0.504. The number of carbonyl (C=O) groups is 2. The first kappa shape index (κ1) is 24.1. The van der Waals surface area contributed by atoms with Crippen LogP contribution in [0.15, 0.2) is 79.0 Å². The maximum atomic E-state index is 13.7. The molecule has 5 heteroatoms. The van der Waals surface area contributed by atoms with Crippen LogP contribution in [0.5, 0.6) is 0 Å². The number of carbonyl (C=O) groups excluding carboxylic acids is 2. The largest absolute Gasteiger partial charge is 0.360 e. The van der Waals surface area contributed by atoms with Gasteiger partial charge in [-0.15, -0.1) is 0 Å². The minimum absolute atomic E-state index is 0.0245. The van der Waals surface area contributed by atoms with Crippen molar-refractivity contribution < 1.29 is 9.59 Å². The Bertz CT molecular complexity index is 1360. The third-order valence-corrected chi connectivity index (χ3v) is 6.10. The molecule has 1 heterocycles. The monoisotopic (exact) mass is 463 g/mol. The van der Waals surface area contributed by atoms with Crippen LogP contribution in [-0.2, 0) is 6.42 Å². The molecule has 1 unspecified atom stereocenters. The van der Waals surface area contributed by atoms with Gasteiger partial charge in [0.1, 0.15) is 0 Å². The number of nitrogens with one attached hydrogen (secondary N) is 2. The predicted octanol–water partition coefficient (Wildman–Crippen LogP) is 6.02. The van der Waals surface area contributed by atoms with E-state index in [-0.39, 0.29) is 11.6 Å². The lowest BCUT2D eigenvalue weighted by molar-refractivity contribution is 0.0942. The van der Waals surface area contributed by atoms with Crippen molar-refractivity contribution in [3.05, 3.63) is 107 Å². The first-order valence-electron chi connectivity index (χ1n) is 11.9. The molecule has 5 nitrogen and oxygen atoms in total. The second kappa shape index (κ2) is 10.9. The molecule has 0 bridgehead atoms. The van der Waals surface area contributed by atoms with Crippen LogP contribution < -0.4 is 5.32 Å². The van der Waals surface area contributed by atoms with Crippen molar-refractivity contribution in [3.8, 4) is 6.07 Å². The summed E-state index contributed by atoms with van der Waals surface area (Å²) in [6.45, 7) is 4.66. The molecule has 4 rings (SSSR count). The van der Waals surface area contributed by atoms with E-state index in [1.165, 1.54) is 0 Å². The van der Waals surface area contributed by atoms with Gasteiger partial charge in [0.2, 0.25) is 0 Å². The van der Waals surface area contributed by atoms with E-state index in [1.54, 1.807) is 18.3 Å². The summed E-state index contributed by atoms with van der Waals surface area (Å²) in [6.07, 6.45) is 2.97. The lowest BCUT2D eigenvalue weighted by Gasteiger charge is -2.18. The lowest BCUT2D eigenvalue weighted by atomic mass is 9.95. The lowest BCUT2D eigenvalue weighted by Crippen LogP contribution is -2.30. The summed E-state index contributed by atoms with van der Waals surface area (Å²) < 4.78 is 0. The smallest absolute Gasteiger partial charge is 0.186 e. The van der Waals surface area contributed by atoms with Crippen LogP contribution in [0.1, 0.15) is 63.7 Å². The van der Waals surface area contributed by atoms with E-state index >= 15 is 0 Å². The molecule has 1 aromatic heterocycles. The van der Waals surface area contributed by atoms with E-state index in [0.29, 0.717) is 35.6 Å². The fourth-order valence-corrected chi connectivity index (χ4v) is 4.26. The van der Waals surface area contributed by atoms with E-state index in [0.717, 1.165) is 28.5 Å². The molecule has 2 N–H and O–H groups in total. The topological polar surface area (TPSA) is 85.8 Å². The summed E-state index contributed by atoms with van der Waals surface area (Å²) >= 11 is 0. The van der Waals surface area contributed by atoms with Gasteiger partial charge in [0.05, 0.1) is 17.7 Å². The second-order valence-electron chi connectivity index (χ2n) is 9.20. The molecule has 0 radical (unpaired) electrons. The van der Waals surface area contributed by atoms with Gasteiger partial charge in [-0.25, -0.2) is 0 Å². The van der Waals surface area contributed by atoms with Gasteiger partial charge in [-0.05, 0) is 41.7 Å². The molecule has 1 atom stereocenters. The van der Waals surface area contributed by atoms with Crippen molar-refractivity contribution in [2.24, 2.45) is 5.92 Å². The van der Waals surface area contributed by atoms with Crippen molar-refractivity contribution in [1.29, 1.82) is 5.26 Å². The van der Waals surface area contributed by atoms with Crippen LogP contribution in [0.3, 0.4) is 0 Å². The van der Waals surface area contributed by atoms with Crippen LogP contribution in [-0.4, -0.2) is 23.1 Å². The number of rotatable bonds is 10. The number of H-pyrrole nitrogens is 1. The van der Waals surface area contributed by atoms with Crippen LogP contribution in [0, 0.1) is 17.2 Å². The third-order valence-electron chi connectivity index (χ3n) is 6.10. The molecule has 0 aliphatic heterocycles. The molecule has 0 fully saturated rings. The highest BCUT2D eigenvalue weighted by Gasteiger charge is 2.24. The van der Waals surface area contributed by atoms with Gasteiger partial charge in [-0.3, -0.25) is 9.59 Å². The number of Topliss-reactive ketones (excluding diaryl/α,β-unsaturated/α-hetero) is 2. The predicted molar refractivity (Wildman–Crippen MR) is 138 cm³/mol. The van der Waals surface area contributed by atoms with E-state index in [4.69, 9.17) is 5.26 Å². The minimum Gasteiger partial charge on any atom is -0.360 e. The second-order valence-corrected chi connectivity index (χ2v) is 9.20. The summed E-state index contributed by atoms with van der Waals surface area (Å²) in [5.74, 6) is 0.375. The highest BCUT2D eigenvalue weighted by atomic mass is 16.1. The highest BCUT2D eigenvalue weighted by molar-refractivity contribution is 6.11. The molecular weight excluding hydrogens is 434 g/mol. The summed E-state index contributed by atoms with van der Waals surface area (Å²) in [5, 5.41) is 13.2. The zero-order chi connectivity index (χ0) is 24.8. The Hall–Kier alpha value is -4.01. The number of nitriles is 1. The van der Waals surface area contributed by atoms with E-state index in [1.807, 2.05) is 74.5 Å². The van der Waals surface area contributed by atoms with E-state index < -0.39 is 6.04 Å². The van der Waals surface area contributed by atoms with Crippen molar-refractivity contribution in [2.45, 2.75) is 32.7 Å². The third kappa shape index (κ3) is 5.74. The van der Waals surface area contributed by atoms with E-state index in [9.17, 15) is 9.59 Å². The van der Waals surface area contributed by atoms with Gasteiger partial charge in [0, 0.05) is 41.2 Å². The molecule has 0 spiro atoms. The maximum absolute atomic E-state index is 13.7. The Morgan fingerprint density at radius 3 is 2.43 bits per heavy atom. The Kier molecular flexibility index (Phi) is 7.54. The van der Waals surface area contributed by atoms with Crippen molar-refractivity contribution in [2.75, 3.05) is 6.54 Å². The van der Waals surface area contributed by atoms with Crippen LogP contribution in [0.4, 0.5) is 0 Å². The quantitative estimate of drug-likeness (QED) is 0.281. The fourth-order valence-electron chi connectivity index (χ4n) is 4.26. The zero-order valence-electron chi connectivity index (χ0n) is 20.0. The van der Waals surface area contributed by atoms with Gasteiger partial charge in [-0.1, -0.05) is 68.4 Å². The molecular formula is C30H29N3O2. The fraction of sp³-hybridized carbons (Fsp3) is 0.233. The molecule has 4 aromatic rings. The van der Waals surface area contributed by atoms with Crippen molar-refractivity contribution in [1.82, 2.24) is 10.3 Å². The first-order chi connectivity index (χ1) is 17.0. The number of hydrogen-bond acceptors (Lipinski definition) is 4. The number of ketones is 2. The number of nitrogens with zero attached hydrogens (tertiary/aromatic N) is 1. The Labute approximate surface area is 205 Å². The molecule has 35 heavy (non-hydrogen) atoms. The number of hydrogen-bond donors (Lipinski definition) is 2. The molecule has 0 aliphatic carbocycles. The van der Waals surface area contributed by atoms with Crippen LogP contribution >= 0.6 is 0 Å². The van der Waals surface area contributed by atoms with E-state index in [2.05, 4.69) is 16.4 Å². The molecule has 0 saturated carbocycles. The van der Waals surface area contributed by atoms with Gasteiger partial charge in [0.15, 0.2) is 11.6 Å². The summed E-state index contributed by atoms with van der Waals surface area (Å²) in [5.41, 5.74) is 4.67. The Morgan fingerprint density at radius 2 is 1.74 bits per heavy atom. The van der Waals surface area contributed by atoms with Crippen LogP contribution in [0.25, 0.3) is 10.9 Å². The van der Waals surface area contributed by atoms with Gasteiger partial charge >= 0.3 is 0 Å². The standard InChI is InChI=1S/C30H29N3O2/c1-20(2)16-28(34)24-12-13-25-26(19-33-27(25)17-24)30(35)29(23-6-4-3-5-7-23)32-15-14-21-8-10-22(18-31)11-9-21/h3-13,17,19-20,29,32-33H,14-16H2,1-2H3. The average Bonchev–Trinajstić information content (AvgIpc) is 3.30. The highest BCUT2D eigenvalue weighted by Crippen LogP contribution is 2.26. The normalized spacial score (nSPS) is 11.9. The Morgan fingerprint density at radius 1 is 1.00 bits per heavy atom. The number of aromatic nitrogens is 1. The SMILES string of the molecule is CC(C)CC(=O)c1ccc2c(C(=O)C(NCCc3ccc(C#N)cc3)c3ccccc3)c[nH]c2c1. The van der Waals surface area contributed by atoms with Crippen LogP contribution in [0.2, 0.25) is 0 Å². The first-order valence-corrected chi connectivity index (χ1v) is 11.9. The molecule has 0 aliphatic rings. The Balaban J connectivity index is 1.56. The average molecular weight is 464 g/mol. The molecule has 3 aromatic carbocycles. The zero-order valence-corrected chi connectivity index (χ0v) is 20.0. The summed E-state index contributed by atoms with van der Waals surface area (Å²) in [4.78, 5) is 29.4.